The van der Waals surface area contributed by atoms with Crippen LogP contribution in [0.5, 0.6) is 0 Å². The lowest BCUT2D eigenvalue weighted by Gasteiger charge is -2.21. The van der Waals surface area contributed by atoms with E-state index in [0.29, 0.717) is 29.9 Å². The molecule has 2 aromatic carbocycles. The average molecular weight is 373 g/mol. The smallest absolute Gasteiger partial charge is 0.263 e. The number of carbonyl (C=O) groups is 2. The van der Waals surface area contributed by atoms with Crippen molar-refractivity contribution in [2.75, 3.05) is 26.2 Å². The van der Waals surface area contributed by atoms with E-state index in [0.717, 1.165) is 29.6 Å². The fourth-order valence-corrected chi connectivity index (χ4v) is 3.79. The molecule has 1 aromatic heterocycles. The van der Waals surface area contributed by atoms with E-state index < -0.39 is 0 Å². The molecular weight excluding hydrogens is 350 g/mol. The van der Waals surface area contributed by atoms with Crippen molar-refractivity contribution in [3.05, 3.63) is 65.7 Å². The monoisotopic (exact) mass is 373 g/mol. The van der Waals surface area contributed by atoms with Crippen LogP contribution in [0.2, 0.25) is 0 Å². The molecule has 4 rings (SSSR count). The Balaban J connectivity index is 1.85. The van der Waals surface area contributed by atoms with Gasteiger partial charge < -0.3 is 4.90 Å². The maximum atomic E-state index is 13.3. The lowest BCUT2D eigenvalue weighted by Crippen LogP contribution is -2.38. The van der Waals surface area contributed by atoms with Crippen molar-refractivity contribution < 1.29 is 9.59 Å². The highest BCUT2D eigenvalue weighted by molar-refractivity contribution is 6.28. The number of rotatable bonds is 6. The van der Waals surface area contributed by atoms with Crippen molar-refractivity contribution in [2.45, 2.75) is 13.8 Å². The van der Waals surface area contributed by atoms with Crippen LogP contribution in [0.25, 0.3) is 22.2 Å². The molecule has 0 spiro atoms. The molecule has 0 bridgehead atoms. The van der Waals surface area contributed by atoms with E-state index in [2.05, 4.69) is 18.7 Å². The van der Waals surface area contributed by atoms with Gasteiger partial charge in [0.05, 0.1) is 22.3 Å². The molecule has 5 heteroatoms. The number of nitrogens with zero attached hydrogens (tertiary/aromatic N) is 3. The number of para-hydroxylation sites is 1. The van der Waals surface area contributed by atoms with Crippen LogP contribution in [0.1, 0.15) is 34.6 Å². The van der Waals surface area contributed by atoms with Gasteiger partial charge in [0.15, 0.2) is 0 Å². The van der Waals surface area contributed by atoms with Crippen molar-refractivity contribution in [1.82, 2.24) is 14.8 Å². The molecule has 2 amide bonds. The SMILES string of the molecule is CCN(CC)CCN1C(=O)c2c(-c3ccccc3)nc3ccccc3c2C1=O. The third-order valence-electron chi connectivity index (χ3n) is 5.39. The van der Waals surface area contributed by atoms with E-state index >= 15 is 0 Å². The molecule has 0 radical (unpaired) electrons. The van der Waals surface area contributed by atoms with Gasteiger partial charge in [-0.3, -0.25) is 14.5 Å². The third kappa shape index (κ3) is 2.98. The molecule has 0 atom stereocenters. The number of pyridine rings is 1. The summed E-state index contributed by atoms with van der Waals surface area (Å²) >= 11 is 0. The molecule has 0 aliphatic carbocycles. The van der Waals surface area contributed by atoms with Crippen molar-refractivity contribution >= 4 is 22.7 Å². The summed E-state index contributed by atoms with van der Waals surface area (Å²) in [4.78, 5) is 34.9. The number of hydrogen-bond donors (Lipinski definition) is 0. The second-order valence-electron chi connectivity index (χ2n) is 6.88. The van der Waals surface area contributed by atoms with Crippen LogP contribution in [-0.2, 0) is 0 Å². The van der Waals surface area contributed by atoms with Gasteiger partial charge >= 0.3 is 0 Å². The molecule has 0 fully saturated rings. The van der Waals surface area contributed by atoms with Crippen molar-refractivity contribution in [3.8, 4) is 11.3 Å². The van der Waals surface area contributed by atoms with Crippen molar-refractivity contribution in [1.29, 1.82) is 0 Å². The Kier molecular flexibility index (Phi) is 4.92. The molecule has 1 aliphatic rings. The van der Waals surface area contributed by atoms with Gasteiger partial charge in [0.25, 0.3) is 11.8 Å². The fourth-order valence-electron chi connectivity index (χ4n) is 3.79. The second-order valence-corrected chi connectivity index (χ2v) is 6.88. The van der Waals surface area contributed by atoms with E-state index in [4.69, 9.17) is 4.98 Å². The van der Waals surface area contributed by atoms with Gasteiger partial charge in [-0.15, -0.1) is 0 Å². The van der Waals surface area contributed by atoms with Crippen molar-refractivity contribution in [3.63, 3.8) is 0 Å². The minimum Gasteiger partial charge on any atom is -0.302 e. The van der Waals surface area contributed by atoms with Crippen molar-refractivity contribution in [2.24, 2.45) is 0 Å². The van der Waals surface area contributed by atoms with Crippen LogP contribution in [-0.4, -0.2) is 52.8 Å². The Morgan fingerprint density at radius 2 is 1.50 bits per heavy atom. The summed E-state index contributed by atoms with van der Waals surface area (Å²) in [7, 11) is 0. The number of aromatic nitrogens is 1. The third-order valence-corrected chi connectivity index (χ3v) is 5.39. The Morgan fingerprint density at radius 1 is 0.857 bits per heavy atom. The number of imide groups is 1. The maximum Gasteiger partial charge on any atom is 0.263 e. The number of carbonyl (C=O) groups excluding carboxylic acids is 2. The van der Waals surface area contributed by atoms with Gasteiger partial charge in [0.1, 0.15) is 0 Å². The topological polar surface area (TPSA) is 53.5 Å². The van der Waals surface area contributed by atoms with Gasteiger partial charge in [0, 0.05) is 24.0 Å². The molecule has 0 saturated heterocycles. The zero-order chi connectivity index (χ0) is 19.7. The number of fused-ring (bicyclic) bond motifs is 3. The summed E-state index contributed by atoms with van der Waals surface area (Å²) in [6, 6.07) is 17.1. The number of benzene rings is 2. The Bertz CT molecular complexity index is 1040. The van der Waals surface area contributed by atoms with Crippen LogP contribution in [0, 0.1) is 0 Å². The summed E-state index contributed by atoms with van der Waals surface area (Å²) in [5.41, 5.74) is 3.06. The first-order valence-electron chi connectivity index (χ1n) is 9.72. The average Bonchev–Trinajstić information content (AvgIpc) is 3.00. The number of likely N-dealkylation sites (N-methyl/N-ethyl adjacent to an activating group) is 1. The quantitative estimate of drug-likeness (QED) is 0.616. The predicted octanol–water partition coefficient (Wildman–Crippen LogP) is 3.84. The van der Waals surface area contributed by atoms with Crippen LogP contribution >= 0.6 is 0 Å². The first-order valence-corrected chi connectivity index (χ1v) is 9.72. The Labute approximate surface area is 164 Å². The molecule has 5 nitrogen and oxygen atoms in total. The second kappa shape index (κ2) is 7.52. The lowest BCUT2D eigenvalue weighted by atomic mass is 9.98. The molecule has 3 aromatic rings. The maximum absolute atomic E-state index is 13.3. The van der Waals surface area contributed by atoms with Crippen LogP contribution < -0.4 is 0 Å². The molecule has 142 valence electrons. The Hall–Kier alpha value is -3.05. The number of amides is 2. The largest absolute Gasteiger partial charge is 0.302 e. The van der Waals surface area contributed by atoms with E-state index in [9.17, 15) is 9.59 Å². The minimum atomic E-state index is -0.246. The highest BCUT2D eigenvalue weighted by Crippen LogP contribution is 2.35. The first kappa shape index (κ1) is 18.3. The summed E-state index contributed by atoms with van der Waals surface area (Å²) < 4.78 is 0. The van der Waals surface area contributed by atoms with Gasteiger partial charge in [-0.05, 0) is 19.2 Å². The van der Waals surface area contributed by atoms with Gasteiger partial charge in [-0.1, -0.05) is 62.4 Å². The van der Waals surface area contributed by atoms with Gasteiger partial charge in [-0.25, -0.2) is 4.98 Å². The summed E-state index contributed by atoms with van der Waals surface area (Å²) in [5.74, 6) is -0.466. The molecule has 0 unspecified atom stereocenters. The van der Waals surface area contributed by atoms with E-state index in [1.807, 2.05) is 54.6 Å². The van der Waals surface area contributed by atoms with Crippen LogP contribution in [0.3, 0.4) is 0 Å². The first-order chi connectivity index (χ1) is 13.7. The summed E-state index contributed by atoms with van der Waals surface area (Å²) in [6.45, 7) is 6.99. The van der Waals surface area contributed by atoms with Gasteiger partial charge in [0.2, 0.25) is 0 Å². The fraction of sp³-hybridized carbons (Fsp3) is 0.261. The minimum absolute atomic E-state index is 0.220. The van der Waals surface area contributed by atoms with E-state index in [1.165, 1.54) is 4.90 Å². The number of hydrogen-bond acceptors (Lipinski definition) is 4. The van der Waals surface area contributed by atoms with Gasteiger partial charge in [-0.2, -0.15) is 0 Å². The molecule has 2 heterocycles. The van der Waals surface area contributed by atoms with E-state index in [-0.39, 0.29) is 11.8 Å². The van der Waals surface area contributed by atoms with E-state index in [1.54, 1.807) is 0 Å². The molecule has 0 N–H and O–H groups in total. The highest BCUT2D eigenvalue weighted by Gasteiger charge is 2.39. The van der Waals surface area contributed by atoms with Crippen LogP contribution in [0.15, 0.2) is 54.6 Å². The standard InChI is InChI=1S/C23H23N3O2/c1-3-25(4-2)14-15-26-22(27)19-17-12-8-9-13-18(17)24-21(20(19)23(26)28)16-10-6-5-7-11-16/h5-13H,3-4,14-15H2,1-2H3. The molecular formula is C23H23N3O2. The molecule has 0 saturated carbocycles. The lowest BCUT2D eigenvalue weighted by molar-refractivity contribution is 0.0639. The molecule has 28 heavy (non-hydrogen) atoms. The zero-order valence-electron chi connectivity index (χ0n) is 16.2. The molecule has 1 aliphatic heterocycles. The summed E-state index contributed by atoms with van der Waals surface area (Å²) in [6.07, 6.45) is 0. The zero-order valence-corrected chi connectivity index (χ0v) is 16.2. The normalized spacial score (nSPS) is 13.6. The highest BCUT2D eigenvalue weighted by atomic mass is 16.2. The van der Waals surface area contributed by atoms with Crippen LogP contribution in [0.4, 0.5) is 0 Å². The summed E-state index contributed by atoms with van der Waals surface area (Å²) in [5, 5.41) is 0.737. The predicted molar refractivity (Wildman–Crippen MR) is 110 cm³/mol. The Morgan fingerprint density at radius 3 is 2.21 bits per heavy atom.